The van der Waals surface area contributed by atoms with E-state index in [-0.39, 0.29) is 12.4 Å². The van der Waals surface area contributed by atoms with Crippen molar-refractivity contribution in [1.29, 1.82) is 0 Å². The molecule has 0 unspecified atom stereocenters. The molecule has 0 spiro atoms. The van der Waals surface area contributed by atoms with Crippen LogP contribution in [0.1, 0.15) is 5.69 Å². The van der Waals surface area contributed by atoms with Crippen molar-refractivity contribution in [1.82, 2.24) is 4.98 Å². The number of aryl methyl sites for hydroxylation is 1. The molecule has 0 saturated carbocycles. The average Bonchev–Trinajstić information content (AvgIpc) is 2.08. The van der Waals surface area contributed by atoms with E-state index in [1.807, 2.05) is 0 Å². The van der Waals surface area contributed by atoms with Crippen LogP contribution in [0.5, 0.6) is 0 Å². The molecule has 0 bridgehead atoms. The van der Waals surface area contributed by atoms with Gasteiger partial charge in [-0.1, -0.05) is 6.07 Å². The molecule has 0 radical (unpaired) electrons. The molecule has 2 aromatic rings. The van der Waals surface area contributed by atoms with Gasteiger partial charge >= 0.3 is 0 Å². The van der Waals surface area contributed by atoms with Crippen molar-refractivity contribution in [3.63, 3.8) is 0 Å². The standard InChI is InChI=1S/C10H7F2N.ClH/c1-6-2-3-7-4-8(11)9(12)5-10(7)13-6;/h2-5H,1H3;1H. The van der Waals surface area contributed by atoms with Crippen LogP contribution in [0.15, 0.2) is 24.3 Å². The van der Waals surface area contributed by atoms with Crippen LogP contribution in [0.25, 0.3) is 10.9 Å². The monoisotopic (exact) mass is 215 g/mol. The highest BCUT2D eigenvalue weighted by Crippen LogP contribution is 2.16. The van der Waals surface area contributed by atoms with Crippen molar-refractivity contribution < 1.29 is 8.78 Å². The second-order valence-corrected chi connectivity index (χ2v) is 2.91. The Balaban J connectivity index is 0.000000980. The first kappa shape index (κ1) is 10.9. The number of rotatable bonds is 0. The average molecular weight is 216 g/mol. The van der Waals surface area contributed by atoms with E-state index in [9.17, 15) is 8.78 Å². The van der Waals surface area contributed by atoms with E-state index in [2.05, 4.69) is 4.98 Å². The van der Waals surface area contributed by atoms with E-state index in [1.165, 1.54) is 0 Å². The maximum Gasteiger partial charge on any atom is 0.161 e. The maximum atomic E-state index is 12.8. The van der Waals surface area contributed by atoms with E-state index in [0.29, 0.717) is 10.9 Å². The summed E-state index contributed by atoms with van der Waals surface area (Å²) in [5.41, 5.74) is 1.28. The normalized spacial score (nSPS) is 9.93. The minimum atomic E-state index is -0.856. The Morgan fingerprint density at radius 2 is 1.71 bits per heavy atom. The molecule has 0 aliphatic rings. The molecule has 0 amide bonds. The molecule has 1 aromatic heterocycles. The van der Waals surface area contributed by atoms with E-state index >= 15 is 0 Å². The molecule has 0 N–H and O–H groups in total. The van der Waals surface area contributed by atoms with E-state index < -0.39 is 11.6 Å². The number of halogens is 3. The van der Waals surface area contributed by atoms with Crippen LogP contribution in [-0.4, -0.2) is 4.98 Å². The van der Waals surface area contributed by atoms with Crippen molar-refractivity contribution >= 4 is 23.3 Å². The molecular weight excluding hydrogens is 208 g/mol. The highest BCUT2D eigenvalue weighted by atomic mass is 35.5. The Morgan fingerprint density at radius 1 is 1.07 bits per heavy atom. The van der Waals surface area contributed by atoms with E-state index in [1.54, 1.807) is 19.1 Å². The van der Waals surface area contributed by atoms with Crippen molar-refractivity contribution in [2.24, 2.45) is 0 Å². The molecule has 0 saturated heterocycles. The van der Waals surface area contributed by atoms with Crippen molar-refractivity contribution in [3.05, 3.63) is 41.6 Å². The van der Waals surface area contributed by atoms with Crippen LogP contribution >= 0.6 is 12.4 Å². The zero-order valence-electron chi connectivity index (χ0n) is 7.42. The molecule has 0 aliphatic heterocycles. The number of fused-ring (bicyclic) bond motifs is 1. The molecule has 0 aliphatic carbocycles. The molecule has 4 heteroatoms. The van der Waals surface area contributed by atoms with E-state index in [4.69, 9.17) is 0 Å². The van der Waals surface area contributed by atoms with Gasteiger partial charge in [0, 0.05) is 17.1 Å². The van der Waals surface area contributed by atoms with Crippen LogP contribution in [0, 0.1) is 18.6 Å². The second-order valence-electron chi connectivity index (χ2n) is 2.91. The third-order valence-corrected chi connectivity index (χ3v) is 1.87. The highest BCUT2D eigenvalue weighted by molar-refractivity contribution is 5.85. The third-order valence-electron chi connectivity index (χ3n) is 1.87. The molecule has 1 nitrogen and oxygen atoms in total. The Morgan fingerprint density at radius 3 is 2.43 bits per heavy atom. The summed E-state index contributed by atoms with van der Waals surface area (Å²) in [6.45, 7) is 1.81. The van der Waals surface area contributed by atoms with Gasteiger partial charge in [-0.3, -0.25) is 4.98 Å². The SMILES string of the molecule is Cc1ccc2cc(F)c(F)cc2n1.Cl. The van der Waals surface area contributed by atoms with Crippen LogP contribution in [0.2, 0.25) is 0 Å². The summed E-state index contributed by atoms with van der Waals surface area (Å²) in [6, 6.07) is 5.74. The van der Waals surface area contributed by atoms with E-state index in [0.717, 1.165) is 17.8 Å². The largest absolute Gasteiger partial charge is 0.253 e. The lowest BCUT2D eigenvalue weighted by atomic mass is 10.2. The van der Waals surface area contributed by atoms with Crippen molar-refractivity contribution in [2.75, 3.05) is 0 Å². The maximum absolute atomic E-state index is 12.8. The number of hydrogen-bond acceptors (Lipinski definition) is 1. The predicted molar refractivity (Wildman–Crippen MR) is 53.6 cm³/mol. The van der Waals surface area contributed by atoms with Crippen LogP contribution in [0.3, 0.4) is 0 Å². The lowest BCUT2D eigenvalue weighted by Gasteiger charge is -1.99. The lowest BCUT2D eigenvalue weighted by molar-refractivity contribution is 0.510. The van der Waals surface area contributed by atoms with Gasteiger partial charge in [0.05, 0.1) is 5.52 Å². The molecule has 2 rings (SSSR count). The number of hydrogen-bond donors (Lipinski definition) is 0. The minimum Gasteiger partial charge on any atom is -0.253 e. The van der Waals surface area contributed by atoms with Crippen molar-refractivity contribution in [3.8, 4) is 0 Å². The number of benzene rings is 1. The first-order valence-electron chi connectivity index (χ1n) is 3.89. The fourth-order valence-electron chi connectivity index (χ4n) is 1.22. The summed E-state index contributed by atoms with van der Waals surface area (Å²) in [7, 11) is 0. The first-order chi connectivity index (χ1) is 6.16. The van der Waals surface area contributed by atoms with Gasteiger partial charge in [-0.2, -0.15) is 0 Å². The predicted octanol–water partition coefficient (Wildman–Crippen LogP) is 3.24. The summed E-state index contributed by atoms with van der Waals surface area (Å²) in [6.07, 6.45) is 0. The zero-order chi connectivity index (χ0) is 9.42. The van der Waals surface area contributed by atoms with Crippen LogP contribution < -0.4 is 0 Å². The van der Waals surface area contributed by atoms with Crippen LogP contribution in [0.4, 0.5) is 8.78 Å². The van der Waals surface area contributed by atoms with Gasteiger partial charge in [0.2, 0.25) is 0 Å². The topological polar surface area (TPSA) is 12.9 Å². The van der Waals surface area contributed by atoms with Gasteiger partial charge in [-0.15, -0.1) is 12.4 Å². The van der Waals surface area contributed by atoms with Gasteiger partial charge in [-0.05, 0) is 19.1 Å². The number of aromatic nitrogens is 1. The summed E-state index contributed by atoms with van der Waals surface area (Å²) in [4.78, 5) is 4.07. The summed E-state index contributed by atoms with van der Waals surface area (Å²) < 4.78 is 25.5. The number of nitrogens with zero attached hydrogens (tertiary/aromatic N) is 1. The summed E-state index contributed by atoms with van der Waals surface area (Å²) >= 11 is 0. The molecule has 0 fully saturated rings. The molecule has 14 heavy (non-hydrogen) atoms. The Hall–Kier alpha value is -1.22. The van der Waals surface area contributed by atoms with Gasteiger partial charge in [0.1, 0.15) is 0 Å². The fourth-order valence-corrected chi connectivity index (χ4v) is 1.22. The molecule has 0 atom stereocenters. The Kier molecular flexibility index (Phi) is 3.01. The highest BCUT2D eigenvalue weighted by Gasteiger charge is 2.04. The van der Waals surface area contributed by atoms with Gasteiger partial charge in [-0.25, -0.2) is 8.78 Å². The van der Waals surface area contributed by atoms with Gasteiger partial charge < -0.3 is 0 Å². The Bertz CT molecular complexity index is 471. The second kappa shape index (κ2) is 3.88. The van der Waals surface area contributed by atoms with Crippen LogP contribution in [-0.2, 0) is 0 Å². The Labute approximate surface area is 86.2 Å². The lowest BCUT2D eigenvalue weighted by Crippen LogP contribution is -1.88. The fraction of sp³-hybridized carbons (Fsp3) is 0.100. The molecular formula is C10H8ClF2N. The smallest absolute Gasteiger partial charge is 0.161 e. The summed E-state index contributed by atoms with van der Waals surface area (Å²) in [5, 5.41) is 0.615. The minimum absolute atomic E-state index is 0. The summed E-state index contributed by atoms with van der Waals surface area (Å²) in [5.74, 6) is -1.69. The third kappa shape index (κ3) is 1.82. The molecule has 74 valence electrons. The first-order valence-corrected chi connectivity index (χ1v) is 3.89. The molecule has 1 aromatic carbocycles. The zero-order valence-corrected chi connectivity index (χ0v) is 8.24. The van der Waals surface area contributed by atoms with Crippen molar-refractivity contribution in [2.45, 2.75) is 6.92 Å². The molecule has 1 heterocycles. The van der Waals surface area contributed by atoms with Gasteiger partial charge in [0.25, 0.3) is 0 Å². The number of pyridine rings is 1. The quantitative estimate of drug-likeness (QED) is 0.658. The van der Waals surface area contributed by atoms with Gasteiger partial charge in [0.15, 0.2) is 11.6 Å².